The molecule has 12 heavy (non-hydrogen) atoms. The van der Waals surface area contributed by atoms with Gasteiger partial charge in [0.15, 0.2) is 0 Å². The monoisotopic (exact) mass is 186 g/mol. The maximum atomic E-state index is 5.22. The molecule has 0 amide bonds. The second-order valence-corrected chi connectivity index (χ2v) is 2.81. The molecule has 0 saturated carbocycles. The van der Waals surface area contributed by atoms with E-state index >= 15 is 0 Å². The highest BCUT2D eigenvalue weighted by molar-refractivity contribution is 5.85. The number of nitrogens with one attached hydrogen (secondary N) is 1. The van der Waals surface area contributed by atoms with E-state index in [-0.39, 0.29) is 12.4 Å². The Balaban J connectivity index is 0.00000121. The van der Waals surface area contributed by atoms with E-state index in [1.807, 2.05) is 0 Å². The number of benzene rings is 1. The molecule has 68 valence electrons. The van der Waals surface area contributed by atoms with E-state index in [0.717, 1.165) is 6.54 Å². The van der Waals surface area contributed by atoms with E-state index < -0.39 is 0 Å². The van der Waals surface area contributed by atoms with Gasteiger partial charge in [0.05, 0.1) is 0 Å². The van der Waals surface area contributed by atoms with Gasteiger partial charge in [0.1, 0.15) is 0 Å². The first-order valence-electron chi connectivity index (χ1n) is 3.73. The summed E-state index contributed by atoms with van der Waals surface area (Å²) in [7, 11) is 0. The lowest BCUT2D eigenvalue weighted by Gasteiger charge is -2.04. The van der Waals surface area contributed by atoms with E-state index in [9.17, 15) is 0 Å². The molecule has 0 saturated heterocycles. The summed E-state index contributed by atoms with van der Waals surface area (Å²) in [6, 6.07) is 6.36. The molecule has 2 nitrogen and oxygen atoms in total. The Kier molecular flexibility index (Phi) is 4.90. The van der Waals surface area contributed by atoms with Crippen LogP contribution >= 0.6 is 12.4 Å². The number of hydrazine groups is 1. The molecule has 1 rings (SSSR count). The normalized spacial score (nSPS) is 9.25. The van der Waals surface area contributed by atoms with Gasteiger partial charge >= 0.3 is 0 Å². The van der Waals surface area contributed by atoms with Crippen LogP contribution in [-0.2, 0) is 6.54 Å². The molecule has 0 aliphatic heterocycles. The summed E-state index contributed by atoms with van der Waals surface area (Å²) in [6.07, 6.45) is 0. The maximum absolute atomic E-state index is 5.22. The molecule has 1 aromatic rings. The van der Waals surface area contributed by atoms with Crippen LogP contribution in [0.5, 0.6) is 0 Å². The number of halogens is 1. The quantitative estimate of drug-likeness (QED) is 0.545. The summed E-state index contributed by atoms with van der Waals surface area (Å²) in [5, 5.41) is 0. The lowest BCUT2D eigenvalue weighted by molar-refractivity contribution is 0.737. The Morgan fingerprint density at radius 1 is 1.33 bits per heavy atom. The first-order chi connectivity index (χ1) is 5.24. The summed E-state index contributed by atoms with van der Waals surface area (Å²) in [6.45, 7) is 4.93. The zero-order valence-electron chi connectivity index (χ0n) is 7.42. The van der Waals surface area contributed by atoms with Gasteiger partial charge in [-0.05, 0) is 25.0 Å². The van der Waals surface area contributed by atoms with Gasteiger partial charge in [-0.1, -0.05) is 23.8 Å². The van der Waals surface area contributed by atoms with Crippen LogP contribution in [0.2, 0.25) is 0 Å². The molecule has 3 N–H and O–H groups in total. The average molecular weight is 187 g/mol. The number of aryl methyl sites for hydroxylation is 2. The van der Waals surface area contributed by atoms with E-state index in [1.165, 1.54) is 16.7 Å². The summed E-state index contributed by atoms with van der Waals surface area (Å²) in [5.41, 5.74) is 6.50. The van der Waals surface area contributed by atoms with Gasteiger partial charge in [0.25, 0.3) is 0 Å². The third kappa shape index (κ3) is 2.81. The van der Waals surface area contributed by atoms with Gasteiger partial charge in [-0.15, -0.1) is 12.4 Å². The van der Waals surface area contributed by atoms with Crippen molar-refractivity contribution in [3.8, 4) is 0 Å². The molecule has 0 fully saturated rings. The smallest absolute Gasteiger partial charge is 0.0351 e. The Bertz CT molecular complexity index is 248. The van der Waals surface area contributed by atoms with Crippen molar-refractivity contribution in [2.24, 2.45) is 5.84 Å². The lowest BCUT2D eigenvalue weighted by atomic mass is 10.1. The Hall–Kier alpha value is -0.570. The first kappa shape index (κ1) is 11.4. The maximum Gasteiger partial charge on any atom is 0.0351 e. The minimum Gasteiger partial charge on any atom is -0.271 e. The molecule has 3 heteroatoms. The van der Waals surface area contributed by atoms with Crippen LogP contribution in [0.3, 0.4) is 0 Å². The molecule has 0 unspecified atom stereocenters. The SMILES string of the molecule is Cc1ccc(CNN)c(C)c1.Cl. The molecule has 0 radical (unpaired) electrons. The fourth-order valence-corrected chi connectivity index (χ4v) is 1.15. The van der Waals surface area contributed by atoms with Gasteiger partial charge in [-0.25, -0.2) is 0 Å². The van der Waals surface area contributed by atoms with Crippen LogP contribution in [0.25, 0.3) is 0 Å². The fourth-order valence-electron chi connectivity index (χ4n) is 1.15. The van der Waals surface area contributed by atoms with E-state index in [4.69, 9.17) is 5.84 Å². The van der Waals surface area contributed by atoms with Crippen molar-refractivity contribution in [2.45, 2.75) is 20.4 Å². The van der Waals surface area contributed by atoms with Crippen molar-refractivity contribution >= 4 is 12.4 Å². The van der Waals surface area contributed by atoms with Crippen molar-refractivity contribution in [3.63, 3.8) is 0 Å². The van der Waals surface area contributed by atoms with Gasteiger partial charge in [0.2, 0.25) is 0 Å². The topological polar surface area (TPSA) is 38.0 Å². The van der Waals surface area contributed by atoms with Crippen LogP contribution in [0, 0.1) is 13.8 Å². The largest absolute Gasteiger partial charge is 0.271 e. The summed E-state index contributed by atoms with van der Waals surface area (Å²) in [5.74, 6) is 5.22. The van der Waals surface area contributed by atoms with Crippen molar-refractivity contribution in [2.75, 3.05) is 0 Å². The minimum absolute atomic E-state index is 0. The van der Waals surface area contributed by atoms with E-state index in [1.54, 1.807) is 0 Å². The van der Waals surface area contributed by atoms with Gasteiger partial charge in [0, 0.05) is 6.54 Å². The molecule has 0 aliphatic rings. The minimum atomic E-state index is 0. The molecule has 1 aromatic carbocycles. The standard InChI is InChI=1S/C9H14N2.ClH/c1-7-3-4-9(6-11-10)8(2)5-7;/h3-5,11H,6,10H2,1-2H3;1H. The Morgan fingerprint density at radius 3 is 2.50 bits per heavy atom. The van der Waals surface area contributed by atoms with Gasteiger partial charge in [-0.2, -0.15) is 0 Å². The summed E-state index contributed by atoms with van der Waals surface area (Å²) < 4.78 is 0. The van der Waals surface area contributed by atoms with Crippen molar-refractivity contribution in [1.82, 2.24) is 5.43 Å². The molecule has 0 bridgehead atoms. The van der Waals surface area contributed by atoms with Crippen molar-refractivity contribution in [1.29, 1.82) is 0 Å². The highest BCUT2D eigenvalue weighted by atomic mass is 35.5. The van der Waals surface area contributed by atoms with Crippen molar-refractivity contribution in [3.05, 3.63) is 34.9 Å². The molecular formula is C9H15ClN2. The van der Waals surface area contributed by atoms with Crippen LogP contribution in [0.15, 0.2) is 18.2 Å². The van der Waals surface area contributed by atoms with Crippen LogP contribution in [-0.4, -0.2) is 0 Å². The molecular weight excluding hydrogens is 172 g/mol. The second-order valence-electron chi connectivity index (χ2n) is 2.81. The van der Waals surface area contributed by atoms with Crippen LogP contribution in [0.4, 0.5) is 0 Å². The van der Waals surface area contributed by atoms with Gasteiger partial charge in [-0.3, -0.25) is 11.3 Å². The zero-order chi connectivity index (χ0) is 8.27. The molecule has 0 aliphatic carbocycles. The molecule has 0 heterocycles. The molecule has 0 atom stereocenters. The third-order valence-electron chi connectivity index (χ3n) is 1.79. The lowest BCUT2D eigenvalue weighted by Crippen LogP contribution is -2.21. The highest BCUT2D eigenvalue weighted by Crippen LogP contribution is 2.09. The average Bonchev–Trinajstić information content (AvgIpc) is 1.95. The van der Waals surface area contributed by atoms with Crippen LogP contribution < -0.4 is 11.3 Å². The number of nitrogens with two attached hydrogens (primary N) is 1. The Morgan fingerprint density at radius 2 is 2.00 bits per heavy atom. The van der Waals surface area contributed by atoms with Gasteiger partial charge < -0.3 is 0 Å². The van der Waals surface area contributed by atoms with E-state index in [0.29, 0.717) is 0 Å². The predicted molar refractivity (Wildman–Crippen MR) is 54.2 cm³/mol. The Labute approximate surface area is 79.5 Å². The first-order valence-corrected chi connectivity index (χ1v) is 3.73. The zero-order valence-corrected chi connectivity index (χ0v) is 8.24. The second kappa shape index (κ2) is 5.14. The number of hydrogen-bond acceptors (Lipinski definition) is 2. The van der Waals surface area contributed by atoms with Crippen molar-refractivity contribution < 1.29 is 0 Å². The molecule has 0 aromatic heterocycles. The summed E-state index contributed by atoms with van der Waals surface area (Å²) in [4.78, 5) is 0. The number of rotatable bonds is 2. The molecule has 0 spiro atoms. The number of hydrogen-bond donors (Lipinski definition) is 2. The predicted octanol–water partition coefficient (Wildman–Crippen LogP) is 1.69. The van der Waals surface area contributed by atoms with Crippen LogP contribution in [0.1, 0.15) is 16.7 Å². The highest BCUT2D eigenvalue weighted by Gasteiger charge is 1.95. The third-order valence-corrected chi connectivity index (χ3v) is 1.79. The van der Waals surface area contributed by atoms with E-state index in [2.05, 4.69) is 37.5 Å². The summed E-state index contributed by atoms with van der Waals surface area (Å²) >= 11 is 0. The fraction of sp³-hybridized carbons (Fsp3) is 0.333.